The van der Waals surface area contributed by atoms with Crippen molar-refractivity contribution < 1.29 is 9.53 Å². The van der Waals surface area contributed by atoms with Crippen molar-refractivity contribution in [1.82, 2.24) is 14.9 Å². The number of piperidine rings is 1. The zero-order chi connectivity index (χ0) is 17.8. The molecule has 2 aromatic rings. The number of carbonyl (C=O) groups excluding carboxylic acids is 1. The number of hydrogen-bond acceptors (Lipinski definition) is 4. The van der Waals surface area contributed by atoms with Crippen LogP contribution < -0.4 is 10.1 Å². The normalized spacial score (nSPS) is 17.2. The van der Waals surface area contributed by atoms with E-state index in [9.17, 15) is 4.79 Å². The topological polar surface area (TPSA) is 67.4 Å². The summed E-state index contributed by atoms with van der Waals surface area (Å²) in [6.45, 7) is 7.17. The van der Waals surface area contributed by atoms with Crippen LogP contribution in [0.1, 0.15) is 29.8 Å². The number of urea groups is 1. The molecule has 132 valence electrons. The lowest BCUT2D eigenvalue weighted by molar-refractivity contribution is 0.102. The van der Waals surface area contributed by atoms with Crippen molar-refractivity contribution in [2.24, 2.45) is 0 Å². The van der Waals surface area contributed by atoms with Crippen LogP contribution in [0.3, 0.4) is 0 Å². The Balaban J connectivity index is 1.61. The third kappa shape index (κ3) is 4.68. The third-order valence-corrected chi connectivity index (χ3v) is 4.18. The Kier molecular flexibility index (Phi) is 5.16. The number of aromatic nitrogens is 2. The molecule has 0 bridgehead atoms. The molecule has 1 aliphatic heterocycles. The molecular weight excluding hydrogens is 316 g/mol. The molecule has 1 saturated heterocycles. The predicted molar refractivity (Wildman–Crippen MR) is 96.9 cm³/mol. The van der Waals surface area contributed by atoms with Crippen molar-refractivity contribution >= 4 is 11.7 Å². The molecule has 2 heterocycles. The fraction of sp³-hybridized carbons (Fsp3) is 0.421. The highest BCUT2D eigenvalue weighted by Crippen LogP contribution is 2.19. The van der Waals surface area contributed by atoms with Gasteiger partial charge in [-0.3, -0.25) is 0 Å². The average molecular weight is 340 g/mol. The van der Waals surface area contributed by atoms with Crippen LogP contribution in [-0.4, -0.2) is 40.1 Å². The number of nitrogens with zero attached hydrogens (tertiary/aromatic N) is 3. The number of anilines is 1. The number of hydrogen-bond donors (Lipinski definition) is 1. The Morgan fingerprint density at radius 3 is 2.72 bits per heavy atom. The van der Waals surface area contributed by atoms with E-state index in [2.05, 4.69) is 21.4 Å². The summed E-state index contributed by atoms with van der Waals surface area (Å²) in [6, 6.07) is 7.71. The van der Waals surface area contributed by atoms with E-state index in [4.69, 9.17) is 4.74 Å². The van der Waals surface area contributed by atoms with Gasteiger partial charge in [-0.2, -0.15) is 4.98 Å². The van der Waals surface area contributed by atoms with E-state index in [0.717, 1.165) is 36.2 Å². The van der Waals surface area contributed by atoms with Crippen LogP contribution in [0.4, 0.5) is 10.5 Å². The molecule has 6 heteroatoms. The van der Waals surface area contributed by atoms with Crippen LogP contribution in [0, 0.1) is 20.8 Å². The molecule has 0 radical (unpaired) electrons. The molecule has 0 spiro atoms. The van der Waals surface area contributed by atoms with Gasteiger partial charge in [0.2, 0.25) is 5.88 Å². The van der Waals surface area contributed by atoms with Crippen molar-refractivity contribution in [3.05, 3.63) is 47.4 Å². The van der Waals surface area contributed by atoms with Gasteiger partial charge in [0.25, 0.3) is 0 Å². The predicted octanol–water partition coefficient (Wildman–Crippen LogP) is 3.48. The Bertz CT molecular complexity index is 743. The number of ether oxygens (including phenoxy) is 1. The molecule has 1 atom stereocenters. The third-order valence-electron chi connectivity index (χ3n) is 4.18. The molecule has 1 unspecified atom stereocenters. The minimum Gasteiger partial charge on any atom is -0.472 e. The fourth-order valence-electron chi connectivity index (χ4n) is 3.14. The van der Waals surface area contributed by atoms with Crippen molar-refractivity contribution in [2.45, 2.75) is 39.7 Å². The van der Waals surface area contributed by atoms with Crippen LogP contribution in [-0.2, 0) is 0 Å². The monoisotopic (exact) mass is 340 g/mol. The van der Waals surface area contributed by atoms with Gasteiger partial charge in [0.15, 0.2) is 0 Å². The van der Waals surface area contributed by atoms with Crippen molar-refractivity contribution in [3.63, 3.8) is 0 Å². The van der Waals surface area contributed by atoms with E-state index in [0.29, 0.717) is 18.2 Å². The van der Waals surface area contributed by atoms with Crippen LogP contribution in [0.5, 0.6) is 5.88 Å². The first kappa shape index (κ1) is 17.2. The molecule has 25 heavy (non-hydrogen) atoms. The summed E-state index contributed by atoms with van der Waals surface area (Å²) in [7, 11) is 0. The molecule has 1 aliphatic rings. The minimum absolute atomic E-state index is 0.0481. The van der Waals surface area contributed by atoms with Crippen LogP contribution >= 0.6 is 0 Å². The molecule has 3 rings (SSSR count). The number of likely N-dealkylation sites (tertiary alicyclic amines) is 1. The van der Waals surface area contributed by atoms with Gasteiger partial charge in [0, 0.05) is 24.5 Å². The zero-order valence-electron chi connectivity index (χ0n) is 15.0. The molecular formula is C19H24N4O2. The Hall–Kier alpha value is -2.63. The second-order valence-corrected chi connectivity index (χ2v) is 6.58. The van der Waals surface area contributed by atoms with Crippen LogP contribution in [0.2, 0.25) is 0 Å². The van der Waals surface area contributed by atoms with E-state index >= 15 is 0 Å². The average Bonchev–Trinajstić information content (AvgIpc) is 2.54. The lowest BCUT2D eigenvalue weighted by Crippen LogP contribution is -2.46. The quantitative estimate of drug-likeness (QED) is 0.929. The van der Waals surface area contributed by atoms with Gasteiger partial charge >= 0.3 is 6.03 Å². The van der Waals surface area contributed by atoms with Gasteiger partial charge in [-0.1, -0.05) is 6.07 Å². The highest BCUT2D eigenvalue weighted by atomic mass is 16.5. The fourth-order valence-corrected chi connectivity index (χ4v) is 3.14. The molecule has 1 aromatic carbocycles. The van der Waals surface area contributed by atoms with E-state index in [1.54, 1.807) is 17.2 Å². The minimum atomic E-state index is -0.0860. The maximum atomic E-state index is 12.6. The number of benzene rings is 1. The van der Waals surface area contributed by atoms with E-state index in [1.165, 1.54) is 0 Å². The summed E-state index contributed by atoms with van der Waals surface area (Å²) in [4.78, 5) is 22.7. The maximum absolute atomic E-state index is 12.6. The SMILES string of the molecule is Cc1cc(C)cc(NC(=O)N2CCCC(Oc3ccnc(C)n3)C2)c1. The van der Waals surface area contributed by atoms with E-state index in [-0.39, 0.29) is 12.1 Å². The standard InChI is InChI=1S/C19H24N4O2/c1-13-9-14(2)11-16(10-13)22-19(24)23-8-4-5-17(12-23)25-18-6-7-20-15(3)21-18/h6-7,9-11,17H,4-5,8,12H2,1-3H3,(H,22,24). The lowest BCUT2D eigenvalue weighted by Gasteiger charge is -2.32. The smallest absolute Gasteiger partial charge is 0.321 e. The molecule has 1 N–H and O–H groups in total. The number of amides is 2. The second-order valence-electron chi connectivity index (χ2n) is 6.58. The van der Waals surface area contributed by atoms with Crippen molar-refractivity contribution in [2.75, 3.05) is 18.4 Å². The summed E-state index contributed by atoms with van der Waals surface area (Å²) in [5.74, 6) is 1.24. The summed E-state index contributed by atoms with van der Waals surface area (Å²) >= 11 is 0. The van der Waals surface area contributed by atoms with Gasteiger partial charge in [0.05, 0.1) is 6.54 Å². The van der Waals surface area contributed by atoms with Gasteiger partial charge in [-0.05, 0) is 56.9 Å². The van der Waals surface area contributed by atoms with Crippen LogP contribution in [0.25, 0.3) is 0 Å². The Morgan fingerprint density at radius 2 is 2.00 bits per heavy atom. The van der Waals surface area contributed by atoms with Gasteiger partial charge in [-0.25, -0.2) is 9.78 Å². The summed E-state index contributed by atoms with van der Waals surface area (Å²) < 4.78 is 5.93. The van der Waals surface area contributed by atoms with Gasteiger partial charge < -0.3 is 15.0 Å². The second kappa shape index (κ2) is 7.51. The molecule has 0 saturated carbocycles. The Labute approximate surface area is 148 Å². The largest absolute Gasteiger partial charge is 0.472 e. The van der Waals surface area contributed by atoms with Crippen LogP contribution in [0.15, 0.2) is 30.5 Å². The van der Waals surface area contributed by atoms with Gasteiger partial charge in [0.1, 0.15) is 11.9 Å². The first-order chi connectivity index (χ1) is 12.0. The maximum Gasteiger partial charge on any atom is 0.321 e. The lowest BCUT2D eigenvalue weighted by atomic mass is 10.1. The molecule has 0 aliphatic carbocycles. The van der Waals surface area contributed by atoms with E-state index in [1.807, 2.05) is 32.9 Å². The number of aryl methyl sites for hydroxylation is 3. The first-order valence-electron chi connectivity index (χ1n) is 8.60. The molecule has 1 fully saturated rings. The summed E-state index contributed by atoms with van der Waals surface area (Å²) in [5.41, 5.74) is 3.10. The molecule has 1 aromatic heterocycles. The first-order valence-corrected chi connectivity index (χ1v) is 8.60. The Morgan fingerprint density at radius 1 is 1.24 bits per heavy atom. The number of rotatable bonds is 3. The molecule has 2 amide bonds. The number of carbonyl (C=O) groups is 1. The highest BCUT2D eigenvalue weighted by Gasteiger charge is 2.25. The number of nitrogens with one attached hydrogen (secondary N) is 1. The van der Waals surface area contributed by atoms with Crippen molar-refractivity contribution in [1.29, 1.82) is 0 Å². The molecule has 6 nitrogen and oxygen atoms in total. The summed E-state index contributed by atoms with van der Waals surface area (Å²) in [5, 5.41) is 2.99. The van der Waals surface area contributed by atoms with Gasteiger partial charge in [-0.15, -0.1) is 0 Å². The van der Waals surface area contributed by atoms with Crippen molar-refractivity contribution in [3.8, 4) is 5.88 Å². The zero-order valence-corrected chi connectivity index (χ0v) is 15.0. The van der Waals surface area contributed by atoms with E-state index < -0.39 is 0 Å². The highest BCUT2D eigenvalue weighted by molar-refractivity contribution is 5.89. The summed E-state index contributed by atoms with van der Waals surface area (Å²) in [6.07, 6.45) is 3.46.